The molecule has 2 atom stereocenters. The fourth-order valence-electron chi connectivity index (χ4n) is 4.04. The summed E-state index contributed by atoms with van der Waals surface area (Å²) in [5, 5.41) is 11.1. The highest BCUT2D eigenvalue weighted by Crippen LogP contribution is 2.36. The van der Waals surface area contributed by atoms with E-state index in [4.69, 9.17) is 13.9 Å². The molecule has 0 aliphatic carbocycles. The summed E-state index contributed by atoms with van der Waals surface area (Å²) in [6, 6.07) is 25.0. The molecular weight excluding hydrogens is 430 g/mol. The maximum absolute atomic E-state index is 12.8. The standard InChI is InChI=1S/C28H29NO5/c1-3-32-28(31)26-24-16-23(14-15-25(24)34-27(26)21-12-8-5-9-13-21)33-19-22(30)18-29(2)17-20-10-6-4-7-11-20/h4-16,22,30H,3,17-19H2,1-2H3/p+1/t22-/m1/s1. The average Bonchev–Trinajstić information content (AvgIpc) is 3.23. The average molecular weight is 461 g/mol. The number of aliphatic hydroxyl groups excluding tert-OH is 1. The van der Waals surface area contributed by atoms with Crippen molar-refractivity contribution in [1.82, 2.24) is 0 Å². The lowest BCUT2D eigenvalue weighted by Crippen LogP contribution is -3.09. The van der Waals surface area contributed by atoms with Crippen LogP contribution in [0.5, 0.6) is 5.75 Å². The highest BCUT2D eigenvalue weighted by atomic mass is 16.5. The lowest BCUT2D eigenvalue weighted by molar-refractivity contribution is -0.897. The SMILES string of the molecule is CCOC(=O)c1c(-c2ccccc2)oc2ccc(OC[C@H](O)C[NH+](C)Cc3ccccc3)cc12. The van der Waals surface area contributed by atoms with Gasteiger partial charge in [0, 0.05) is 16.5 Å². The number of benzene rings is 3. The molecule has 34 heavy (non-hydrogen) atoms. The van der Waals surface area contributed by atoms with E-state index in [-0.39, 0.29) is 13.2 Å². The van der Waals surface area contributed by atoms with Gasteiger partial charge in [-0.05, 0) is 25.1 Å². The Balaban J connectivity index is 1.49. The van der Waals surface area contributed by atoms with Crippen LogP contribution in [0.3, 0.4) is 0 Å². The Morgan fingerprint density at radius 2 is 1.74 bits per heavy atom. The number of hydrogen-bond donors (Lipinski definition) is 2. The zero-order chi connectivity index (χ0) is 23.9. The molecule has 4 aromatic rings. The van der Waals surface area contributed by atoms with Crippen molar-refractivity contribution >= 4 is 16.9 Å². The first-order valence-corrected chi connectivity index (χ1v) is 11.5. The van der Waals surface area contributed by atoms with Crippen molar-refractivity contribution in [2.24, 2.45) is 0 Å². The molecule has 1 aromatic heterocycles. The smallest absolute Gasteiger partial charge is 0.342 e. The monoisotopic (exact) mass is 460 g/mol. The number of esters is 1. The van der Waals surface area contributed by atoms with Crippen molar-refractivity contribution in [2.75, 3.05) is 26.8 Å². The Labute approximate surface area is 199 Å². The largest absolute Gasteiger partial charge is 0.491 e. The summed E-state index contributed by atoms with van der Waals surface area (Å²) in [4.78, 5) is 14.0. The summed E-state index contributed by atoms with van der Waals surface area (Å²) in [6.45, 7) is 3.56. The Morgan fingerprint density at radius 3 is 2.44 bits per heavy atom. The summed E-state index contributed by atoms with van der Waals surface area (Å²) >= 11 is 0. The third-order valence-corrected chi connectivity index (χ3v) is 5.55. The highest BCUT2D eigenvalue weighted by Gasteiger charge is 2.24. The summed E-state index contributed by atoms with van der Waals surface area (Å²) in [6.07, 6.45) is -0.631. The normalized spacial score (nSPS) is 12.9. The number of aliphatic hydroxyl groups is 1. The second kappa shape index (κ2) is 11.0. The summed E-state index contributed by atoms with van der Waals surface area (Å²) < 4.78 is 17.2. The van der Waals surface area contributed by atoms with Gasteiger partial charge in [-0.3, -0.25) is 0 Å². The minimum Gasteiger partial charge on any atom is -0.491 e. The molecule has 0 fully saturated rings. The van der Waals surface area contributed by atoms with Crippen LogP contribution in [0.1, 0.15) is 22.8 Å². The number of likely N-dealkylation sites (N-methyl/N-ethyl adjacent to an activating group) is 1. The van der Waals surface area contributed by atoms with E-state index in [2.05, 4.69) is 12.1 Å². The summed E-state index contributed by atoms with van der Waals surface area (Å²) in [7, 11) is 2.05. The maximum Gasteiger partial charge on any atom is 0.342 e. The van der Waals surface area contributed by atoms with Crippen LogP contribution in [0.2, 0.25) is 0 Å². The fraction of sp³-hybridized carbons (Fsp3) is 0.250. The summed E-state index contributed by atoms with van der Waals surface area (Å²) in [5.41, 5.74) is 2.96. The van der Waals surface area contributed by atoms with Gasteiger partial charge in [-0.1, -0.05) is 60.7 Å². The Morgan fingerprint density at radius 1 is 1.03 bits per heavy atom. The minimum atomic E-state index is -0.631. The van der Waals surface area contributed by atoms with Gasteiger partial charge in [0.25, 0.3) is 0 Å². The molecule has 176 valence electrons. The molecule has 0 amide bonds. The second-order valence-electron chi connectivity index (χ2n) is 8.34. The molecule has 3 aromatic carbocycles. The third-order valence-electron chi connectivity index (χ3n) is 5.55. The van der Waals surface area contributed by atoms with Crippen molar-refractivity contribution < 1.29 is 28.7 Å². The first-order chi connectivity index (χ1) is 16.5. The quantitative estimate of drug-likeness (QED) is 0.353. The highest BCUT2D eigenvalue weighted by molar-refractivity contribution is 6.09. The predicted octanol–water partition coefficient (Wildman–Crippen LogP) is 3.73. The molecule has 0 aliphatic heterocycles. The van der Waals surface area contributed by atoms with E-state index in [1.807, 2.05) is 55.6 Å². The fourth-order valence-corrected chi connectivity index (χ4v) is 4.04. The molecule has 1 unspecified atom stereocenters. The van der Waals surface area contributed by atoms with E-state index < -0.39 is 12.1 Å². The van der Waals surface area contributed by atoms with Crippen LogP contribution in [0.25, 0.3) is 22.3 Å². The number of ether oxygens (including phenoxy) is 2. The molecular formula is C28H30NO5+. The lowest BCUT2D eigenvalue weighted by atomic mass is 10.1. The molecule has 6 heteroatoms. The molecule has 0 bridgehead atoms. The molecule has 0 aliphatic rings. The number of carbonyl (C=O) groups is 1. The van der Waals surface area contributed by atoms with Crippen LogP contribution in [0, 0.1) is 0 Å². The zero-order valence-corrected chi connectivity index (χ0v) is 19.5. The zero-order valence-electron chi connectivity index (χ0n) is 19.5. The van der Waals surface area contributed by atoms with Crippen molar-refractivity contribution in [2.45, 2.75) is 19.6 Å². The van der Waals surface area contributed by atoms with E-state index in [0.717, 1.165) is 12.1 Å². The second-order valence-corrected chi connectivity index (χ2v) is 8.34. The van der Waals surface area contributed by atoms with Gasteiger partial charge in [0.05, 0.1) is 13.7 Å². The number of carbonyl (C=O) groups excluding carboxylic acids is 1. The molecule has 4 rings (SSSR count). The Hall–Kier alpha value is -3.61. The van der Waals surface area contributed by atoms with Gasteiger partial charge in [-0.2, -0.15) is 0 Å². The lowest BCUT2D eigenvalue weighted by Gasteiger charge is -2.18. The maximum atomic E-state index is 12.8. The van der Waals surface area contributed by atoms with Gasteiger partial charge in [0.2, 0.25) is 0 Å². The first-order valence-electron chi connectivity index (χ1n) is 11.5. The van der Waals surface area contributed by atoms with E-state index in [1.54, 1.807) is 25.1 Å². The van der Waals surface area contributed by atoms with Crippen molar-refractivity contribution in [3.8, 4) is 17.1 Å². The minimum absolute atomic E-state index is 0.149. The van der Waals surface area contributed by atoms with Gasteiger partial charge >= 0.3 is 5.97 Å². The molecule has 2 N–H and O–H groups in total. The molecule has 0 spiro atoms. The van der Waals surface area contributed by atoms with Gasteiger partial charge in [0.15, 0.2) is 0 Å². The molecule has 6 nitrogen and oxygen atoms in total. The van der Waals surface area contributed by atoms with Crippen LogP contribution >= 0.6 is 0 Å². The Kier molecular flexibility index (Phi) is 7.62. The van der Waals surface area contributed by atoms with Crippen LogP contribution in [-0.2, 0) is 11.3 Å². The van der Waals surface area contributed by atoms with Crippen molar-refractivity contribution in [1.29, 1.82) is 0 Å². The predicted molar refractivity (Wildman–Crippen MR) is 131 cm³/mol. The number of nitrogens with one attached hydrogen (secondary N) is 1. The van der Waals surface area contributed by atoms with E-state index >= 15 is 0 Å². The molecule has 1 heterocycles. The number of rotatable bonds is 10. The van der Waals surface area contributed by atoms with Crippen molar-refractivity contribution in [3.05, 3.63) is 90.0 Å². The van der Waals surface area contributed by atoms with E-state index in [0.29, 0.717) is 34.6 Å². The summed E-state index contributed by atoms with van der Waals surface area (Å²) in [5.74, 6) is 0.582. The topological polar surface area (TPSA) is 73.3 Å². The van der Waals surface area contributed by atoms with Crippen LogP contribution < -0.4 is 9.64 Å². The number of hydrogen-bond acceptors (Lipinski definition) is 5. The molecule has 0 saturated carbocycles. The molecule has 0 radical (unpaired) electrons. The van der Waals surface area contributed by atoms with Gasteiger partial charge < -0.3 is 23.9 Å². The van der Waals surface area contributed by atoms with E-state index in [9.17, 15) is 9.90 Å². The van der Waals surface area contributed by atoms with Gasteiger partial charge in [-0.25, -0.2) is 4.79 Å². The first kappa shape index (κ1) is 23.5. The number of furan rings is 1. The number of quaternary nitrogens is 1. The molecule has 0 saturated heterocycles. The van der Waals surface area contributed by atoms with Gasteiger partial charge in [0.1, 0.15) is 48.5 Å². The van der Waals surface area contributed by atoms with Crippen LogP contribution in [0.4, 0.5) is 0 Å². The van der Waals surface area contributed by atoms with Crippen LogP contribution in [0.15, 0.2) is 83.3 Å². The third kappa shape index (κ3) is 5.65. The van der Waals surface area contributed by atoms with Crippen LogP contribution in [-0.4, -0.2) is 44.0 Å². The van der Waals surface area contributed by atoms with E-state index in [1.165, 1.54) is 10.5 Å². The number of fused-ring (bicyclic) bond motifs is 1. The van der Waals surface area contributed by atoms with Gasteiger partial charge in [-0.15, -0.1) is 0 Å². The Bertz CT molecular complexity index is 1220. The van der Waals surface area contributed by atoms with Crippen molar-refractivity contribution in [3.63, 3.8) is 0 Å².